The fourth-order valence-corrected chi connectivity index (χ4v) is 3.06. The van der Waals surface area contributed by atoms with E-state index >= 15 is 0 Å². The number of unbranched alkanes of at least 4 members (excludes halogenated alkanes) is 3. The summed E-state index contributed by atoms with van der Waals surface area (Å²) in [6, 6.07) is 1.96. The predicted molar refractivity (Wildman–Crippen MR) is 86.3 cm³/mol. The van der Waals surface area contributed by atoms with Crippen molar-refractivity contribution in [3.8, 4) is 0 Å². The molecular weight excluding hydrogens is 296 g/mol. The third kappa shape index (κ3) is 3.64. The zero-order valence-corrected chi connectivity index (χ0v) is 13.5. The summed E-state index contributed by atoms with van der Waals surface area (Å²) >= 11 is 0. The minimum atomic E-state index is -0.368. The Kier molecular flexibility index (Phi) is 5.13. The molecule has 1 aliphatic heterocycles. The number of nitrogens with zero attached hydrogens (tertiary/aromatic N) is 2. The van der Waals surface area contributed by atoms with Crippen LogP contribution in [0.2, 0.25) is 0 Å². The van der Waals surface area contributed by atoms with Crippen LogP contribution in [0.1, 0.15) is 57.4 Å². The molecule has 23 heavy (non-hydrogen) atoms. The maximum Gasteiger partial charge on any atom is 0.353 e. The minimum absolute atomic E-state index is 0.0193. The summed E-state index contributed by atoms with van der Waals surface area (Å²) in [6.45, 7) is 2.17. The van der Waals surface area contributed by atoms with Gasteiger partial charge in [-0.3, -0.25) is 4.57 Å². The van der Waals surface area contributed by atoms with E-state index in [0.717, 1.165) is 30.4 Å². The van der Waals surface area contributed by atoms with Crippen molar-refractivity contribution in [1.29, 1.82) is 0 Å². The second kappa shape index (κ2) is 7.27. The zero-order valence-electron chi connectivity index (χ0n) is 13.5. The van der Waals surface area contributed by atoms with Gasteiger partial charge in [0, 0.05) is 12.6 Å². The monoisotopic (exact) mass is 320 g/mol. The molecule has 126 valence electrons. The van der Waals surface area contributed by atoms with Gasteiger partial charge in [0.15, 0.2) is 0 Å². The fraction of sp³-hybridized carbons (Fsp3) is 0.647. The average molecular weight is 320 g/mol. The highest BCUT2D eigenvalue weighted by molar-refractivity contribution is 5.72. The van der Waals surface area contributed by atoms with E-state index < -0.39 is 0 Å². The van der Waals surface area contributed by atoms with Crippen molar-refractivity contribution in [2.75, 3.05) is 6.61 Å². The molecule has 0 aromatic carbocycles. The Morgan fingerprint density at radius 2 is 2.22 bits per heavy atom. The van der Waals surface area contributed by atoms with E-state index in [2.05, 4.69) is 11.9 Å². The summed E-state index contributed by atoms with van der Waals surface area (Å²) in [5.41, 5.74) is 0.0291. The van der Waals surface area contributed by atoms with Gasteiger partial charge in [-0.2, -0.15) is 4.98 Å². The number of aliphatic hydroxyl groups excluding tert-OH is 1. The van der Waals surface area contributed by atoms with Gasteiger partial charge >= 0.3 is 5.69 Å². The summed E-state index contributed by atoms with van der Waals surface area (Å²) in [5, 5.41) is 9.98. The molecule has 1 saturated heterocycles. The lowest BCUT2D eigenvalue weighted by molar-refractivity contribution is -0.0243. The molecule has 2 atom stereocenters. The second-order valence-electron chi connectivity index (χ2n) is 6.19. The topological polar surface area (TPSA) is 77.5 Å². The molecular formula is C17H24N2O4. The third-order valence-electron chi connectivity index (χ3n) is 4.36. The fourth-order valence-electron chi connectivity index (χ4n) is 3.06. The van der Waals surface area contributed by atoms with Gasteiger partial charge in [0.05, 0.1) is 18.1 Å². The van der Waals surface area contributed by atoms with Crippen LogP contribution in [0.15, 0.2) is 21.5 Å². The first-order chi connectivity index (χ1) is 11.2. The van der Waals surface area contributed by atoms with Gasteiger partial charge in [-0.05, 0) is 25.3 Å². The lowest BCUT2D eigenvalue weighted by atomic mass is 10.1. The number of ether oxygens (including phenoxy) is 1. The molecule has 1 N–H and O–H groups in total. The average Bonchev–Trinajstić information content (AvgIpc) is 3.16. The van der Waals surface area contributed by atoms with Gasteiger partial charge in [-0.15, -0.1) is 0 Å². The van der Waals surface area contributed by atoms with Crippen molar-refractivity contribution in [3.63, 3.8) is 0 Å². The molecule has 6 nitrogen and oxygen atoms in total. The number of aromatic nitrogens is 2. The zero-order chi connectivity index (χ0) is 16.2. The third-order valence-corrected chi connectivity index (χ3v) is 4.36. The number of aryl methyl sites for hydroxylation is 1. The first-order valence-corrected chi connectivity index (χ1v) is 8.49. The summed E-state index contributed by atoms with van der Waals surface area (Å²) in [6.07, 6.45) is 8.26. The van der Waals surface area contributed by atoms with E-state index in [0.29, 0.717) is 12.1 Å². The lowest BCUT2D eigenvalue weighted by Crippen LogP contribution is -2.27. The first-order valence-electron chi connectivity index (χ1n) is 8.49. The van der Waals surface area contributed by atoms with E-state index in [-0.39, 0.29) is 24.6 Å². The molecule has 3 heterocycles. The van der Waals surface area contributed by atoms with Gasteiger partial charge < -0.3 is 14.3 Å². The summed E-state index contributed by atoms with van der Waals surface area (Å²) in [7, 11) is 0. The molecule has 1 aliphatic rings. The maximum atomic E-state index is 12.2. The van der Waals surface area contributed by atoms with Gasteiger partial charge in [0.2, 0.25) is 5.71 Å². The van der Waals surface area contributed by atoms with Crippen molar-refractivity contribution < 1.29 is 14.3 Å². The standard InChI is InChI=1S/C17H24N2O4/c1-2-3-4-5-6-13-9-12-10-19(17(21)18-16(12)23-13)15-8-7-14(11-20)22-15/h9-10,14-15,20H,2-8,11H2,1H3/t14-,15+/m0/s1. The summed E-state index contributed by atoms with van der Waals surface area (Å²) in [5.74, 6) is 0.876. The second-order valence-corrected chi connectivity index (χ2v) is 6.19. The number of furan rings is 1. The van der Waals surface area contributed by atoms with Crippen molar-refractivity contribution in [2.24, 2.45) is 0 Å². The molecule has 0 spiro atoms. The van der Waals surface area contributed by atoms with Crippen LogP contribution in [0.25, 0.3) is 11.1 Å². The Labute approximate surface area is 135 Å². The highest BCUT2D eigenvalue weighted by Crippen LogP contribution is 2.28. The van der Waals surface area contributed by atoms with Crippen molar-refractivity contribution in [2.45, 2.75) is 64.2 Å². The SMILES string of the molecule is CCCCCCc1cc2cn([C@H]3CC[C@@H](CO)O3)c(=O)nc2o1. The largest absolute Gasteiger partial charge is 0.443 e. The van der Waals surface area contributed by atoms with Crippen LogP contribution in [0, 0.1) is 0 Å². The number of hydrogen-bond acceptors (Lipinski definition) is 5. The summed E-state index contributed by atoms with van der Waals surface area (Å²) < 4.78 is 12.9. The summed E-state index contributed by atoms with van der Waals surface area (Å²) in [4.78, 5) is 16.2. The molecule has 2 aromatic heterocycles. The Morgan fingerprint density at radius 1 is 1.35 bits per heavy atom. The van der Waals surface area contributed by atoms with Crippen LogP contribution in [-0.4, -0.2) is 27.4 Å². The van der Waals surface area contributed by atoms with E-state index in [1.54, 1.807) is 6.20 Å². The van der Waals surface area contributed by atoms with Crippen LogP contribution in [-0.2, 0) is 11.2 Å². The molecule has 0 radical (unpaired) electrons. The van der Waals surface area contributed by atoms with Crippen LogP contribution < -0.4 is 5.69 Å². The Morgan fingerprint density at radius 3 is 2.96 bits per heavy atom. The molecule has 0 bridgehead atoms. The van der Waals surface area contributed by atoms with E-state index in [1.807, 2.05) is 6.07 Å². The lowest BCUT2D eigenvalue weighted by Gasteiger charge is -2.14. The minimum Gasteiger partial charge on any atom is -0.443 e. The molecule has 0 aliphatic carbocycles. The Balaban J connectivity index is 1.76. The van der Waals surface area contributed by atoms with Gasteiger partial charge in [0.25, 0.3) is 0 Å². The van der Waals surface area contributed by atoms with Crippen LogP contribution in [0.4, 0.5) is 0 Å². The highest BCUT2D eigenvalue weighted by Gasteiger charge is 2.27. The predicted octanol–water partition coefficient (Wildman–Crippen LogP) is 2.78. The maximum absolute atomic E-state index is 12.2. The number of aliphatic hydroxyl groups is 1. The number of rotatable bonds is 7. The smallest absolute Gasteiger partial charge is 0.353 e. The number of fused-ring (bicyclic) bond motifs is 1. The van der Waals surface area contributed by atoms with Crippen molar-refractivity contribution in [3.05, 3.63) is 28.5 Å². The van der Waals surface area contributed by atoms with Gasteiger partial charge in [-0.1, -0.05) is 26.2 Å². The molecule has 3 rings (SSSR count). The molecule has 0 amide bonds. The van der Waals surface area contributed by atoms with Crippen LogP contribution in [0.3, 0.4) is 0 Å². The van der Waals surface area contributed by atoms with E-state index in [9.17, 15) is 4.79 Å². The Bertz CT molecular complexity index is 706. The van der Waals surface area contributed by atoms with Crippen molar-refractivity contribution >= 4 is 11.1 Å². The molecule has 2 aromatic rings. The molecule has 1 fully saturated rings. The van der Waals surface area contributed by atoms with Gasteiger partial charge in [0.1, 0.15) is 12.0 Å². The van der Waals surface area contributed by atoms with E-state index in [4.69, 9.17) is 14.3 Å². The van der Waals surface area contributed by atoms with Crippen LogP contribution in [0.5, 0.6) is 0 Å². The van der Waals surface area contributed by atoms with E-state index in [1.165, 1.54) is 23.8 Å². The normalized spacial score (nSPS) is 21.3. The first kappa shape index (κ1) is 16.2. The van der Waals surface area contributed by atoms with Crippen molar-refractivity contribution in [1.82, 2.24) is 9.55 Å². The highest BCUT2D eigenvalue weighted by atomic mass is 16.5. The Hall–Kier alpha value is -1.66. The number of hydrogen-bond donors (Lipinski definition) is 1. The van der Waals surface area contributed by atoms with Crippen LogP contribution >= 0.6 is 0 Å². The molecule has 6 heteroatoms. The molecule has 0 saturated carbocycles. The quantitative estimate of drug-likeness (QED) is 0.794. The molecule has 0 unspecified atom stereocenters. The van der Waals surface area contributed by atoms with Gasteiger partial charge in [-0.25, -0.2) is 4.79 Å².